The highest BCUT2D eigenvalue weighted by Crippen LogP contribution is 2.23. The molecular weight excluding hydrogens is 312 g/mol. The van der Waals surface area contributed by atoms with Crippen molar-refractivity contribution in [3.63, 3.8) is 0 Å². The second-order valence-electron chi connectivity index (χ2n) is 5.66. The number of halogens is 2. The van der Waals surface area contributed by atoms with Gasteiger partial charge in [0.25, 0.3) is 0 Å². The molecule has 0 atom stereocenters. The minimum absolute atomic E-state index is 0.182. The Morgan fingerprint density at radius 2 is 2.00 bits per heavy atom. The van der Waals surface area contributed by atoms with Gasteiger partial charge in [0, 0.05) is 29.6 Å². The van der Waals surface area contributed by atoms with Crippen LogP contribution in [0.25, 0.3) is 0 Å². The number of benzene rings is 1. The second kappa shape index (κ2) is 6.90. The van der Waals surface area contributed by atoms with Crippen molar-refractivity contribution < 1.29 is 0 Å². The fraction of sp³-hybridized carbons (Fsp3) is 0.571. The van der Waals surface area contributed by atoms with Crippen LogP contribution in [0.3, 0.4) is 0 Å². The van der Waals surface area contributed by atoms with E-state index >= 15 is 0 Å². The van der Waals surface area contributed by atoms with E-state index in [-0.39, 0.29) is 5.54 Å². The van der Waals surface area contributed by atoms with E-state index in [1.807, 2.05) is 12.1 Å². The minimum Gasteiger partial charge on any atom is -0.311 e. The molecule has 1 aromatic rings. The molecule has 0 aromatic heterocycles. The van der Waals surface area contributed by atoms with E-state index in [1.165, 1.54) is 5.56 Å². The maximum atomic E-state index is 6.08. The molecule has 1 aromatic carbocycles. The first-order valence-electron chi connectivity index (χ1n) is 6.15. The first kappa shape index (κ1) is 16.0. The van der Waals surface area contributed by atoms with E-state index in [0.717, 1.165) is 29.1 Å². The predicted molar refractivity (Wildman–Crippen MR) is 83.2 cm³/mol. The van der Waals surface area contributed by atoms with E-state index in [0.29, 0.717) is 0 Å². The van der Waals surface area contributed by atoms with E-state index in [4.69, 9.17) is 11.6 Å². The smallest absolute Gasteiger partial charge is 0.0551 e. The number of nitrogens with one attached hydrogen (secondary N) is 1. The molecule has 0 radical (unpaired) electrons. The molecular formula is C14H22BrClN2. The van der Waals surface area contributed by atoms with Crippen molar-refractivity contribution in [3.8, 4) is 0 Å². The summed E-state index contributed by atoms with van der Waals surface area (Å²) in [6.07, 6.45) is 0. The molecule has 0 amide bonds. The van der Waals surface area contributed by atoms with Gasteiger partial charge in [-0.1, -0.05) is 17.7 Å². The molecule has 0 saturated heterocycles. The highest BCUT2D eigenvalue weighted by molar-refractivity contribution is 9.10. The summed E-state index contributed by atoms with van der Waals surface area (Å²) in [5.41, 5.74) is 1.42. The van der Waals surface area contributed by atoms with E-state index in [9.17, 15) is 0 Å². The summed E-state index contributed by atoms with van der Waals surface area (Å²) in [6.45, 7) is 9.47. The summed E-state index contributed by atoms with van der Waals surface area (Å²) in [7, 11) is 2.13. The first-order chi connectivity index (χ1) is 8.28. The summed E-state index contributed by atoms with van der Waals surface area (Å²) in [6, 6.07) is 6.11. The van der Waals surface area contributed by atoms with Gasteiger partial charge in [0.2, 0.25) is 0 Å². The maximum Gasteiger partial charge on any atom is 0.0551 e. The Labute approximate surface area is 124 Å². The van der Waals surface area contributed by atoms with Crippen molar-refractivity contribution in [3.05, 3.63) is 33.3 Å². The van der Waals surface area contributed by atoms with Crippen LogP contribution in [0.2, 0.25) is 5.02 Å². The highest BCUT2D eigenvalue weighted by Gasteiger charge is 2.09. The van der Waals surface area contributed by atoms with Crippen molar-refractivity contribution >= 4 is 27.5 Å². The van der Waals surface area contributed by atoms with Gasteiger partial charge in [0.15, 0.2) is 0 Å². The zero-order valence-electron chi connectivity index (χ0n) is 11.6. The van der Waals surface area contributed by atoms with Crippen LogP contribution in [-0.4, -0.2) is 30.6 Å². The van der Waals surface area contributed by atoms with Gasteiger partial charge < -0.3 is 10.2 Å². The van der Waals surface area contributed by atoms with Crippen LogP contribution < -0.4 is 5.32 Å². The average molecular weight is 334 g/mol. The molecule has 0 fully saturated rings. The maximum absolute atomic E-state index is 6.08. The van der Waals surface area contributed by atoms with Gasteiger partial charge in [-0.05, 0) is 61.4 Å². The highest BCUT2D eigenvalue weighted by atomic mass is 79.9. The molecule has 1 N–H and O–H groups in total. The normalized spacial score (nSPS) is 12.2. The van der Waals surface area contributed by atoms with Crippen LogP contribution in [0.4, 0.5) is 0 Å². The number of hydrogen-bond donors (Lipinski definition) is 1. The predicted octanol–water partition coefficient (Wildman–Crippen LogP) is 3.92. The van der Waals surface area contributed by atoms with Crippen molar-refractivity contribution in [2.75, 3.05) is 20.1 Å². The van der Waals surface area contributed by atoms with Crippen LogP contribution in [0.1, 0.15) is 26.3 Å². The molecule has 4 heteroatoms. The third-order valence-electron chi connectivity index (χ3n) is 2.59. The van der Waals surface area contributed by atoms with Gasteiger partial charge in [-0.15, -0.1) is 0 Å². The van der Waals surface area contributed by atoms with Gasteiger partial charge in [-0.3, -0.25) is 0 Å². The lowest BCUT2D eigenvalue weighted by Gasteiger charge is -2.23. The third-order valence-corrected chi connectivity index (χ3v) is 3.82. The number of rotatable bonds is 5. The quantitative estimate of drug-likeness (QED) is 0.878. The van der Waals surface area contributed by atoms with E-state index in [1.54, 1.807) is 0 Å². The zero-order chi connectivity index (χ0) is 13.8. The Morgan fingerprint density at radius 3 is 2.56 bits per heavy atom. The van der Waals surface area contributed by atoms with Gasteiger partial charge in [0.05, 0.1) is 5.02 Å². The molecule has 0 saturated carbocycles. The fourth-order valence-electron chi connectivity index (χ4n) is 1.65. The molecule has 0 aliphatic rings. The molecule has 0 unspecified atom stereocenters. The van der Waals surface area contributed by atoms with Gasteiger partial charge in [0.1, 0.15) is 0 Å². The summed E-state index contributed by atoms with van der Waals surface area (Å²) in [4.78, 5) is 2.29. The lowest BCUT2D eigenvalue weighted by molar-refractivity contribution is 0.303. The Morgan fingerprint density at radius 1 is 1.33 bits per heavy atom. The molecule has 0 aliphatic carbocycles. The van der Waals surface area contributed by atoms with Crippen LogP contribution in [0.5, 0.6) is 0 Å². The Bertz CT molecular complexity index is 388. The van der Waals surface area contributed by atoms with Gasteiger partial charge >= 0.3 is 0 Å². The third kappa shape index (κ3) is 6.19. The topological polar surface area (TPSA) is 15.3 Å². The Kier molecular flexibility index (Phi) is 6.12. The minimum atomic E-state index is 0.182. The number of nitrogens with zero attached hydrogens (tertiary/aromatic N) is 1. The summed E-state index contributed by atoms with van der Waals surface area (Å²) < 4.78 is 0.949. The Balaban J connectivity index is 2.40. The van der Waals surface area contributed by atoms with E-state index < -0.39 is 0 Å². The zero-order valence-corrected chi connectivity index (χ0v) is 13.9. The van der Waals surface area contributed by atoms with Crippen molar-refractivity contribution in [1.29, 1.82) is 0 Å². The molecule has 0 spiro atoms. The number of hydrogen-bond acceptors (Lipinski definition) is 2. The standard InChI is InChI=1S/C14H22BrClN2/c1-14(2,3)17-7-8-18(4)10-11-5-6-12(15)13(16)9-11/h5-6,9,17H,7-8,10H2,1-4H3. The monoisotopic (exact) mass is 332 g/mol. The van der Waals surface area contributed by atoms with E-state index in [2.05, 4.69) is 60.0 Å². The molecule has 2 nitrogen and oxygen atoms in total. The lowest BCUT2D eigenvalue weighted by atomic mass is 10.1. The van der Waals surface area contributed by atoms with Gasteiger partial charge in [-0.25, -0.2) is 0 Å². The number of likely N-dealkylation sites (N-methyl/N-ethyl adjacent to an activating group) is 1. The second-order valence-corrected chi connectivity index (χ2v) is 6.92. The molecule has 0 heterocycles. The van der Waals surface area contributed by atoms with Crippen LogP contribution >= 0.6 is 27.5 Å². The SMILES string of the molecule is CN(CCNC(C)(C)C)Cc1ccc(Br)c(Cl)c1. The molecule has 102 valence electrons. The summed E-state index contributed by atoms with van der Waals surface area (Å²) in [5, 5.41) is 4.26. The first-order valence-corrected chi connectivity index (χ1v) is 7.32. The van der Waals surface area contributed by atoms with Crippen LogP contribution in [0.15, 0.2) is 22.7 Å². The molecule has 0 aliphatic heterocycles. The fourth-order valence-corrected chi connectivity index (χ4v) is 2.10. The van der Waals surface area contributed by atoms with Crippen molar-refractivity contribution in [1.82, 2.24) is 10.2 Å². The Hall–Kier alpha value is -0.0900. The molecule has 1 rings (SSSR count). The largest absolute Gasteiger partial charge is 0.311 e. The summed E-state index contributed by atoms with van der Waals surface area (Å²) >= 11 is 9.49. The van der Waals surface area contributed by atoms with Crippen molar-refractivity contribution in [2.24, 2.45) is 0 Å². The average Bonchev–Trinajstić information content (AvgIpc) is 2.21. The van der Waals surface area contributed by atoms with Crippen molar-refractivity contribution in [2.45, 2.75) is 32.9 Å². The lowest BCUT2D eigenvalue weighted by Crippen LogP contribution is -2.40. The van der Waals surface area contributed by atoms with Crippen LogP contribution in [-0.2, 0) is 6.54 Å². The van der Waals surface area contributed by atoms with Gasteiger partial charge in [-0.2, -0.15) is 0 Å². The summed E-state index contributed by atoms with van der Waals surface area (Å²) in [5.74, 6) is 0. The molecule has 0 bridgehead atoms. The van der Waals surface area contributed by atoms with Crippen LogP contribution in [0, 0.1) is 0 Å². The molecule has 18 heavy (non-hydrogen) atoms.